The van der Waals surface area contributed by atoms with Gasteiger partial charge < -0.3 is 9.96 Å². The number of H-pyrrole nitrogens is 2. The minimum atomic E-state index is -0.0847. The Balaban J connectivity index is 0.000000157. The number of nitrogens with one attached hydrogen (secondary N) is 2. The molecule has 0 bridgehead atoms. The zero-order valence-corrected chi connectivity index (χ0v) is 14.1. The zero-order valence-electron chi connectivity index (χ0n) is 14.9. The van der Waals surface area contributed by atoms with Gasteiger partial charge in [0.2, 0.25) is 0 Å². The first-order valence-electron chi connectivity index (χ1n) is 7.98. The summed E-state index contributed by atoms with van der Waals surface area (Å²) in [4.78, 5) is 12.0. The van der Waals surface area contributed by atoms with E-state index in [-0.39, 0.29) is 28.4 Å². The molecule has 0 fully saturated rings. The third kappa shape index (κ3) is 3.33. The molecule has 0 amide bonds. The van der Waals surface area contributed by atoms with E-state index in [0.717, 1.165) is 20.5 Å². The van der Waals surface area contributed by atoms with Crippen LogP contribution in [0.1, 0.15) is 9.81 Å². The van der Waals surface area contributed by atoms with E-state index in [1.165, 1.54) is 0 Å². The lowest BCUT2D eigenvalue weighted by atomic mass is 10.3. The van der Waals surface area contributed by atoms with Crippen LogP contribution in [-0.4, -0.2) is 19.9 Å². The number of halogens is 2. The first-order valence-corrected chi connectivity index (χ1v) is 7.62. The fourth-order valence-electron chi connectivity index (χ4n) is 1.80. The van der Waals surface area contributed by atoms with E-state index < -0.39 is 0 Å². The first-order chi connectivity index (χ1) is 11.8. The summed E-state index contributed by atoms with van der Waals surface area (Å²) in [5.74, 6) is 0. The molecule has 0 aliphatic heterocycles. The lowest BCUT2D eigenvalue weighted by molar-refractivity contribution is 1.25. The maximum atomic E-state index is 7.76. The Morgan fingerprint density at radius 3 is 2.86 bits per heavy atom. The summed E-state index contributed by atoms with van der Waals surface area (Å²) in [6.45, 7) is 1.62. The molecule has 0 aliphatic carbocycles. The minimum absolute atomic E-state index is 0.0455. The number of hydrogen-bond acceptors (Lipinski definition) is 2. The fraction of sp³-hybridized carbons (Fsp3) is 0.0667. The van der Waals surface area contributed by atoms with E-state index >= 15 is 0 Å². The van der Waals surface area contributed by atoms with Crippen molar-refractivity contribution in [1.29, 1.82) is 0 Å². The Morgan fingerprint density at radius 2 is 2.00 bits per heavy atom. The normalized spacial score (nSPS) is 13.3. The predicted molar refractivity (Wildman–Crippen MR) is 92.3 cm³/mol. The maximum Gasteiger partial charge on any atom is 0.168 e. The zero-order chi connectivity index (χ0) is 18.3. The summed E-state index contributed by atoms with van der Waals surface area (Å²) in [5, 5.41) is 1.44. The van der Waals surface area contributed by atoms with Gasteiger partial charge in [-0.25, -0.2) is 9.97 Å². The molecule has 4 heterocycles. The van der Waals surface area contributed by atoms with Gasteiger partial charge in [-0.05, 0) is 63.0 Å². The monoisotopic (exact) mass is 410 g/mol. The van der Waals surface area contributed by atoms with E-state index in [4.69, 9.17) is 5.52 Å². The van der Waals surface area contributed by atoms with Crippen LogP contribution >= 0.6 is 31.9 Å². The number of aromatic amines is 2. The summed E-state index contributed by atoms with van der Waals surface area (Å²) in [6, 6.07) is 4.19. The SMILES string of the molecule is Brc1cnc2[nH]ccc2c1.[2H]c1nc2c(c([2H])c1Br)c([2H])c(C)n2[2H]. The maximum absolute atomic E-state index is 7.76. The molecular formula is C15H12Br2N4. The van der Waals surface area contributed by atoms with E-state index in [2.05, 4.69) is 46.8 Å². The van der Waals surface area contributed by atoms with Gasteiger partial charge in [0, 0.05) is 44.0 Å². The van der Waals surface area contributed by atoms with Crippen molar-refractivity contribution in [2.45, 2.75) is 6.92 Å². The highest BCUT2D eigenvalue weighted by molar-refractivity contribution is 9.10. The molecule has 6 heteroatoms. The summed E-state index contributed by atoms with van der Waals surface area (Å²) >= 11 is 6.42. The Labute approximate surface area is 143 Å². The van der Waals surface area contributed by atoms with Crippen LogP contribution in [-0.2, 0) is 0 Å². The quantitative estimate of drug-likeness (QED) is 0.429. The molecule has 0 unspecified atom stereocenters. The van der Waals surface area contributed by atoms with Crippen LogP contribution in [0.3, 0.4) is 0 Å². The largest absolute Gasteiger partial charge is 0.346 e. The molecule has 0 saturated heterocycles. The van der Waals surface area contributed by atoms with E-state index in [9.17, 15) is 0 Å². The summed E-state index contributed by atoms with van der Waals surface area (Å²) in [5.41, 5.74) is 1.54. The molecule has 0 atom stereocenters. The molecule has 0 aromatic carbocycles. The highest BCUT2D eigenvalue weighted by Crippen LogP contribution is 2.17. The molecule has 0 saturated carbocycles. The van der Waals surface area contributed by atoms with Crippen LogP contribution in [0.15, 0.2) is 51.7 Å². The highest BCUT2D eigenvalue weighted by atomic mass is 79.9. The predicted octanol–water partition coefficient (Wildman–Crippen LogP) is 4.96. The van der Waals surface area contributed by atoms with Gasteiger partial charge in [0.05, 0.1) is 4.11 Å². The van der Waals surface area contributed by atoms with Crippen molar-refractivity contribution in [3.63, 3.8) is 0 Å². The fourth-order valence-corrected chi connectivity index (χ4v) is 2.44. The molecule has 0 spiro atoms. The van der Waals surface area contributed by atoms with Gasteiger partial charge in [-0.1, -0.05) is 0 Å². The lowest BCUT2D eigenvalue weighted by Gasteiger charge is -1.88. The molecule has 106 valence electrons. The van der Waals surface area contributed by atoms with Gasteiger partial charge in [-0.2, -0.15) is 0 Å². The lowest BCUT2D eigenvalue weighted by Crippen LogP contribution is -1.74. The number of aromatic nitrogens is 4. The molecule has 4 rings (SSSR count). The Morgan fingerprint density at radius 1 is 1.14 bits per heavy atom. The molecule has 4 aromatic heterocycles. The third-order valence-corrected chi connectivity index (χ3v) is 3.47. The Bertz CT molecular complexity index is 1090. The average molecular weight is 412 g/mol. The smallest absolute Gasteiger partial charge is 0.168 e. The van der Waals surface area contributed by atoms with Crippen molar-refractivity contribution < 1.29 is 5.52 Å². The van der Waals surface area contributed by atoms with Gasteiger partial charge in [0.1, 0.15) is 11.3 Å². The van der Waals surface area contributed by atoms with Crippen molar-refractivity contribution in [2.75, 3.05) is 0 Å². The van der Waals surface area contributed by atoms with Gasteiger partial charge in [-0.3, -0.25) is 0 Å². The summed E-state index contributed by atoms with van der Waals surface area (Å²) < 4.78 is 31.9. The summed E-state index contributed by atoms with van der Waals surface area (Å²) in [7, 11) is 0. The second-order valence-electron chi connectivity index (χ2n) is 4.25. The van der Waals surface area contributed by atoms with Crippen molar-refractivity contribution >= 4 is 53.9 Å². The standard InChI is InChI=1S/C8H7BrN2.C7H5BrN2/c1-5-2-6-3-7(9)4-10-8(6)11-5;8-6-3-5-1-2-9-7(5)10-4-6/h2-4H,1H3,(H,10,11);1-4H,(H,9,10)/i2D,3D,4D;/hD. The topological polar surface area (TPSA) is 57.4 Å². The number of nitrogens with zero attached hydrogens (tertiary/aromatic N) is 2. The second-order valence-corrected chi connectivity index (χ2v) is 5.96. The van der Waals surface area contributed by atoms with Crippen molar-refractivity contribution in [3.8, 4) is 0 Å². The van der Waals surface area contributed by atoms with Crippen molar-refractivity contribution in [1.82, 2.24) is 19.9 Å². The second kappa shape index (κ2) is 5.99. The molecular weight excluding hydrogens is 396 g/mol. The van der Waals surface area contributed by atoms with Crippen LogP contribution in [0.4, 0.5) is 0 Å². The van der Waals surface area contributed by atoms with Gasteiger partial charge in [-0.15, -0.1) is 0 Å². The van der Waals surface area contributed by atoms with Crippen molar-refractivity contribution in [3.05, 3.63) is 57.4 Å². The number of hydrogen-bond donors (Lipinski definition) is 2. The molecule has 0 radical (unpaired) electrons. The van der Waals surface area contributed by atoms with Crippen LogP contribution in [0.25, 0.3) is 22.1 Å². The Hall–Kier alpha value is -1.66. The van der Waals surface area contributed by atoms with E-state index in [0.29, 0.717) is 11.1 Å². The molecule has 4 nitrogen and oxygen atoms in total. The van der Waals surface area contributed by atoms with Gasteiger partial charge in [0.15, 0.2) is 1.41 Å². The van der Waals surface area contributed by atoms with Gasteiger partial charge >= 0.3 is 0 Å². The van der Waals surface area contributed by atoms with E-state index in [1.807, 2.05) is 18.3 Å². The van der Waals surface area contributed by atoms with Gasteiger partial charge in [0.25, 0.3) is 0 Å². The minimum Gasteiger partial charge on any atom is -0.346 e. The molecule has 0 aliphatic rings. The van der Waals surface area contributed by atoms with Crippen LogP contribution in [0.5, 0.6) is 0 Å². The highest BCUT2D eigenvalue weighted by Gasteiger charge is 1.97. The first kappa shape index (κ1) is 10.1. The van der Waals surface area contributed by atoms with E-state index in [1.54, 1.807) is 13.1 Å². The molecule has 21 heavy (non-hydrogen) atoms. The number of rotatable bonds is 0. The molecule has 2 N–H and O–H groups in total. The third-order valence-electron chi connectivity index (χ3n) is 2.66. The number of fused-ring (bicyclic) bond motifs is 2. The van der Waals surface area contributed by atoms with Crippen molar-refractivity contribution in [2.24, 2.45) is 0 Å². The Kier molecular flexibility index (Phi) is 2.89. The van der Waals surface area contributed by atoms with Crippen LogP contribution in [0.2, 0.25) is 1.41 Å². The average Bonchev–Trinajstić information content (AvgIpc) is 3.12. The van der Waals surface area contributed by atoms with Crippen LogP contribution < -0.4 is 0 Å². The summed E-state index contributed by atoms with van der Waals surface area (Å²) in [6.07, 6.45) is 3.57. The van der Waals surface area contributed by atoms with Crippen LogP contribution in [0, 0.1) is 6.92 Å². The molecule has 4 aromatic rings. The number of pyridine rings is 2.